The van der Waals surface area contributed by atoms with Crippen LogP contribution >= 0.6 is 0 Å². The fourth-order valence-electron chi connectivity index (χ4n) is 1.61. The minimum absolute atomic E-state index is 0.225. The van der Waals surface area contributed by atoms with Crippen molar-refractivity contribution in [1.82, 2.24) is 0 Å². The predicted octanol–water partition coefficient (Wildman–Crippen LogP) is 1.22. The van der Waals surface area contributed by atoms with Crippen LogP contribution in [0.5, 0.6) is 0 Å². The number of carbonyl (C=O) groups is 1. The van der Waals surface area contributed by atoms with Crippen molar-refractivity contribution in [2.45, 2.75) is 0 Å². The minimum Gasteiger partial charge on any atom is -0.449 e. The van der Waals surface area contributed by atoms with Crippen molar-refractivity contribution in [2.75, 3.05) is 24.6 Å². The summed E-state index contributed by atoms with van der Waals surface area (Å²) in [6.45, 7) is 1.61. The summed E-state index contributed by atoms with van der Waals surface area (Å²) in [5.41, 5.74) is 6.43. The van der Waals surface area contributed by atoms with Crippen molar-refractivity contribution in [3.8, 4) is 0 Å². The number of hydrogen-bond donors (Lipinski definition) is 1. The Hall–Kier alpha value is -1.55. The SMILES string of the molecule is NCC1COC(=O)N(c2ccccc2)C1. The highest BCUT2D eigenvalue weighted by Gasteiger charge is 2.27. The van der Waals surface area contributed by atoms with E-state index in [-0.39, 0.29) is 12.0 Å². The molecule has 80 valence electrons. The predicted molar refractivity (Wildman–Crippen MR) is 57.7 cm³/mol. The van der Waals surface area contributed by atoms with Crippen LogP contribution in [0.3, 0.4) is 0 Å². The van der Waals surface area contributed by atoms with E-state index < -0.39 is 0 Å². The van der Waals surface area contributed by atoms with Crippen LogP contribution in [0.15, 0.2) is 30.3 Å². The van der Waals surface area contributed by atoms with Gasteiger partial charge in [-0.05, 0) is 12.1 Å². The summed E-state index contributed by atoms with van der Waals surface area (Å²) in [4.78, 5) is 13.1. The monoisotopic (exact) mass is 206 g/mol. The fraction of sp³-hybridized carbons (Fsp3) is 0.364. The summed E-state index contributed by atoms with van der Waals surface area (Å²) in [6.07, 6.45) is -0.286. The quantitative estimate of drug-likeness (QED) is 0.791. The van der Waals surface area contributed by atoms with Crippen molar-refractivity contribution in [1.29, 1.82) is 0 Å². The highest BCUT2D eigenvalue weighted by Crippen LogP contribution is 2.19. The van der Waals surface area contributed by atoms with Gasteiger partial charge in [-0.25, -0.2) is 4.79 Å². The molecule has 0 aromatic heterocycles. The summed E-state index contributed by atoms with van der Waals surface area (Å²) in [5.74, 6) is 0.225. The van der Waals surface area contributed by atoms with E-state index in [0.717, 1.165) is 5.69 Å². The van der Waals surface area contributed by atoms with E-state index in [1.807, 2.05) is 30.3 Å². The zero-order valence-electron chi connectivity index (χ0n) is 8.43. The number of cyclic esters (lactones) is 1. The molecule has 15 heavy (non-hydrogen) atoms. The third-order valence-electron chi connectivity index (χ3n) is 2.50. The Morgan fingerprint density at radius 1 is 1.40 bits per heavy atom. The Kier molecular flexibility index (Phi) is 2.87. The van der Waals surface area contributed by atoms with Gasteiger partial charge in [-0.15, -0.1) is 0 Å². The Morgan fingerprint density at radius 3 is 2.80 bits per heavy atom. The van der Waals surface area contributed by atoms with Crippen LogP contribution in [0, 0.1) is 5.92 Å². The molecule has 1 saturated heterocycles. The molecule has 1 aromatic carbocycles. The molecule has 0 saturated carbocycles. The third-order valence-corrected chi connectivity index (χ3v) is 2.50. The molecule has 0 radical (unpaired) electrons. The lowest BCUT2D eigenvalue weighted by Gasteiger charge is -2.31. The molecule has 1 aliphatic rings. The minimum atomic E-state index is -0.286. The zero-order chi connectivity index (χ0) is 10.7. The summed E-state index contributed by atoms with van der Waals surface area (Å²) in [6, 6.07) is 9.49. The maximum atomic E-state index is 11.5. The maximum absolute atomic E-state index is 11.5. The topological polar surface area (TPSA) is 55.6 Å². The van der Waals surface area contributed by atoms with E-state index in [1.54, 1.807) is 4.90 Å². The summed E-state index contributed by atoms with van der Waals surface area (Å²) in [5, 5.41) is 0. The first-order valence-electron chi connectivity index (χ1n) is 5.00. The summed E-state index contributed by atoms with van der Waals surface area (Å²) in [7, 11) is 0. The lowest BCUT2D eigenvalue weighted by atomic mass is 10.1. The van der Waals surface area contributed by atoms with Crippen molar-refractivity contribution in [2.24, 2.45) is 11.7 Å². The van der Waals surface area contributed by atoms with Crippen molar-refractivity contribution in [3.05, 3.63) is 30.3 Å². The largest absolute Gasteiger partial charge is 0.449 e. The van der Waals surface area contributed by atoms with Gasteiger partial charge >= 0.3 is 6.09 Å². The van der Waals surface area contributed by atoms with Gasteiger partial charge in [0.25, 0.3) is 0 Å². The van der Waals surface area contributed by atoms with Gasteiger partial charge in [0.1, 0.15) is 0 Å². The van der Waals surface area contributed by atoms with Crippen LogP contribution in [0.2, 0.25) is 0 Å². The molecule has 4 nitrogen and oxygen atoms in total. The second-order valence-electron chi connectivity index (χ2n) is 3.62. The van der Waals surface area contributed by atoms with E-state index in [4.69, 9.17) is 10.5 Å². The molecule has 2 rings (SSSR count). The summed E-state index contributed by atoms with van der Waals surface area (Å²) >= 11 is 0. The number of para-hydroxylation sites is 1. The van der Waals surface area contributed by atoms with Crippen LogP contribution in [0.4, 0.5) is 10.5 Å². The Labute approximate surface area is 88.6 Å². The van der Waals surface area contributed by atoms with Gasteiger partial charge in [-0.2, -0.15) is 0 Å². The van der Waals surface area contributed by atoms with E-state index >= 15 is 0 Å². The van der Waals surface area contributed by atoms with Gasteiger partial charge in [0.05, 0.1) is 6.61 Å². The van der Waals surface area contributed by atoms with Gasteiger partial charge in [-0.1, -0.05) is 18.2 Å². The van der Waals surface area contributed by atoms with Crippen LogP contribution < -0.4 is 10.6 Å². The molecule has 0 aliphatic carbocycles. The van der Waals surface area contributed by atoms with Crippen LogP contribution in [0.25, 0.3) is 0 Å². The Bertz CT molecular complexity index is 340. The zero-order valence-corrected chi connectivity index (χ0v) is 8.43. The van der Waals surface area contributed by atoms with Crippen molar-refractivity contribution in [3.63, 3.8) is 0 Å². The highest BCUT2D eigenvalue weighted by molar-refractivity contribution is 5.88. The molecule has 1 aliphatic heterocycles. The number of rotatable bonds is 2. The molecular formula is C11H14N2O2. The fourth-order valence-corrected chi connectivity index (χ4v) is 1.61. The lowest BCUT2D eigenvalue weighted by molar-refractivity contribution is 0.117. The number of nitrogens with zero attached hydrogens (tertiary/aromatic N) is 1. The molecule has 2 N–H and O–H groups in total. The number of amides is 1. The van der Waals surface area contributed by atoms with Gasteiger partial charge in [0, 0.05) is 24.7 Å². The number of carbonyl (C=O) groups excluding carboxylic acids is 1. The first kappa shape index (κ1) is 9.98. The average molecular weight is 206 g/mol. The first-order chi connectivity index (χ1) is 7.31. The lowest BCUT2D eigenvalue weighted by Crippen LogP contribution is -2.45. The molecule has 1 aromatic rings. The van der Waals surface area contributed by atoms with Crippen LogP contribution in [-0.2, 0) is 4.74 Å². The highest BCUT2D eigenvalue weighted by atomic mass is 16.6. The molecular weight excluding hydrogens is 192 g/mol. The normalized spacial score (nSPS) is 21.3. The molecule has 1 unspecified atom stereocenters. The number of nitrogens with two attached hydrogens (primary N) is 1. The number of anilines is 1. The molecule has 1 atom stereocenters. The molecule has 1 heterocycles. The van der Waals surface area contributed by atoms with E-state index in [2.05, 4.69) is 0 Å². The van der Waals surface area contributed by atoms with E-state index in [9.17, 15) is 4.79 Å². The van der Waals surface area contributed by atoms with Gasteiger partial charge in [0.15, 0.2) is 0 Å². The molecule has 0 bridgehead atoms. The Balaban J connectivity index is 2.16. The standard InChI is InChI=1S/C11H14N2O2/c12-6-9-7-13(11(14)15-8-9)10-4-2-1-3-5-10/h1-5,9H,6-8,12H2. The van der Waals surface area contributed by atoms with Gasteiger partial charge in [0.2, 0.25) is 0 Å². The van der Waals surface area contributed by atoms with Crippen molar-refractivity contribution < 1.29 is 9.53 Å². The van der Waals surface area contributed by atoms with Gasteiger partial charge < -0.3 is 10.5 Å². The molecule has 0 spiro atoms. The summed E-state index contributed by atoms with van der Waals surface area (Å²) < 4.78 is 5.06. The number of benzene rings is 1. The molecule has 4 heteroatoms. The maximum Gasteiger partial charge on any atom is 0.414 e. The second kappa shape index (κ2) is 4.31. The van der Waals surface area contributed by atoms with E-state index in [1.165, 1.54) is 0 Å². The number of hydrogen-bond acceptors (Lipinski definition) is 3. The average Bonchev–Trinajstić information content (AvgIpc) is 2.31. The van der Waals surface area contributed by atoms with Crippen molar-refractivity contribution >= 4 is 11.8 Å². The molecule has 1 fully saturated rings. The van der Waals surface area contributed by atoms with Crippen LogP contribution in [0.1, 0.15) is 0 Å². The molecule has 1 amide bonds. The third kappa shape index (κ3) is 2.10. The van der Waals surface area contributed by atoms with E-state index in [0.29, 0.717) is 19.7 Å². The second-order valence-corrected chi connectivity index (χ2v) is 3.62. The van der Waals surface area contributed by atoms with Crippen LogP contribution in [-0.4, -0.2) is 25.8 Å². The van der Waals surface area contributed by atoms with Gasteiger partial charge in [-0.3, -0.25) is 4.90 Å². The smallest absolute Gasteiger partial charge is 0.414 e. The first-order valence-corrected chi connectivity index (χ1v) is 5.00. The Morgan fingerprint density at radius 2 is 2.13 bits per heavy atom. The number of ether oxygens (including phenoxy) is 1.